The lowest BCUT2D eigenvalue weighted by Crippen LogP contribution is -2.65. The van der Waals surface area contributed by atoms with Gasteiger partial charge in [-0.3, -0.25) is 9.59 Å². The maximum Gasteiger partial charge on any atom is 0.334 e. The van der Waals surface area contributed by atoms with E-state index in [1.54, 1.807) is 13.0 Å². The maximum absolute atomic E-state index is 13.5. The molecular formula is C27H34O12. The molecule has 0 amide bonds. The van der Waals surface area contributed by atoms with Crippen LogP contribution >= 0.6 is 0 Å². The molecule has 2 aliphatic carbocycles. The molecule has 3 fully saturated rings. The lowest BCUT2D eigenvalue weighted by molar-refractivity contribution is -0.328. The molecule has 214 valence electrons. The molecule has 0 bridgehead atoms. The van der Waals surface area contributed by atoms with Gasteiger partial charge in [0.2, 0.25) is 0 Å². The SMILES string of the molecule is COC(=O)C1=CC(=O)C[C@H]2[C@]3(C)C[C@@H](c4ccoc4)OC(=O)[C@H]3C[C@@H](O[C@@H]3O[C@H](CO)[C@@H](O)[C@H](O)[C@H]3O)[C@@]12C. The minimum atomic E-state index is -1.70. The van der Waals surface area contributed by atoms with Crippen molar-refractivity contribution < 1.29 is 58.2 Å². The molecular weight excluding hydrogens is 516 g/mol. The molecule has 3 heterocycles. The van der Waals surface area contributed by atoms with Crippen LogP contribution in [-0.4, -0.2) is 88.7 Å². The molecule has 0 unspecified atom stereocenters. The second kappa shape index (κ2) is 10.1. The van der Waals surface area contributed by atoms with Crippen LogP contribution in [0.4, 0.5) is 0 Å². The van der Waals surface area contributed by atoms with Crippen molar-refractivity contribution in [3.63, 3.8) is 0 Å². The van der Waals surface area contributed by atoms with Gasteiger partial charge >= 0.3 is 11.9 Å². The molecule has 4 N–H and O–H groups in total. The number of aliphatic hydroxyl groups excluding tert-OH is 4. The number of methoxy groups -OCH3 is 1. The third-order valence-electron chi connectivity index (χ3n) is 9.36. The van der Waals surface area contributed by atoms with Gasteiger partial charge in [0.05, 0.1) is 38.3 Å². The highest BCUT2D eigenvalue weighted by Gasteiger charge is 2.67. The van der Waals surface area contributed by atoms with Crippen LogP contribution in [0.25, 0.3) is 0 Å². The van der Waals surface area contributed by atoms with E-state index in [0.717, 1.165) is 0 Å². The molecule has 1 aromatic rings. The lowest BCUT2D eigenvalue weighted by Gasteiger charge is -2.62. The number of rotatable bonds is 5. The first-order valence-electron chi connectivity index (χ1n) is 13.0. The Kier molecular flexibility index (Phi) is 7.23. The van der Waals surface area contributed by atoms with Crippen molar-refractivity contribution >= 4 is 17.7 Å². The maximum atomic E-state index is 13.5. The largest absolute Gasteiger partial charge is 0.472 e. The summed E-state index contributed by atoms with van der Waals surface area (Å²) in [6.07, 6.45) is -4.67. The van der Waals surface area contributed by atoms with Crippen LogP contribution in [0.3, 0.4) is 0 Å². The first-order valence-corrected chi connectivity index (χ1v) is 13.0. The molecule has 5 rings (SSSR count). The molecule has 4 aliphatic rings. The van der Waals surface area contributed by atoms with E-state index < -0.39 is 84.1 Å². The first kappa shape index (κ1) is 27.9. The van der Waals surface area contributed by atoms with Gasteiger partial charge in [0.15, 0.2) is 12.1 Å². The molecule has 0 aromatic carbocycles. The van der Waals surface area contributed by atoms with Gasteiger partial charge in [-0.15, -0.1) is 0 Å². The number of esters is 2. The minimum Gasteiger partial charge on any atom is -0.472 e. The summed E-state index contributed by atoms with van der Waals surface area (Å²) in [5, 5.41) is 40.8. The average molecular weight is 551 g/mol. The molecule has 2 aliphatic heterocycles. The number of fused-ring (bicyclic) bond motifs is 3. The Morgan fingerprint density at radius 1 is 1.15 bits per heavy atom. The number of carbonyl (C=O) groups excluding carboxylic acids is 3. The van der Waals surface area contributed by atoms with E-state index in [2.05, 4.69) is 0 Å². The molecule has 12 nitrogen and oxygen atoms in total. The molecule has 39 heavy (non-hydrogen) atoms. The smallest absolute Gasteiger partial charge is 0.334 e. The zero-order chi connectivity index (χ0) is 28.3. The normalized spacial score (nSPS) is 44.1. The van der Waals surface area contributed by atoms with E-state index >= 15 is 0 Å². The van der Waals surface area contributed by atoms with Crippen LogP contribution < -0.4 is 0 Å². The Bertz CT molecular complexity index is 1140. The van der Waals surface area contributed by atoms with Crippen LogP contribution in [0.15, 0.2) is 34.7 Å². The monoisotopic (exact) mass is 550 g/mol. The second-order valence-corrected chi connectivity index (χ2v) is 11.4. The Labute approximate surface area is 224 Å². The minimum absolute atomic E-state index is 0.0178. The van der Waals surface area contributed by atoms with Gasteiger partial charge in [0.1, 0.15) is 30.5 Å². The molecule has 2 saturated heterocycles. The summed E-state index contributed by atoms with van der Waals surface area (Å²) in [6, 6.07) is 1.71. The van der Waals surface area contributed by atoms with Crippen LogP contribution in [0.5, 0.6) is 0 Å². The molecule has 12 heteroatoms. The highest BCUT2D eigenvalue weighted by molar-refractivity contribution is 6.02. The summed E-state index contributed by atoms with van der Waals surface area (Å²) < 4.78 is 27.9. The summed E-state index contributed by atoms with van der Waals surface area (Å²) in [5.74, 6) is -2.86. The fourth-order valence-electron chi connectivity index (χ4n) is 7.15. The Balaban J connectivity index is 1.57. The van der Waals surface area contributed by atoms with Crippen LogP contribution in [-0.2, 0) is 33.3 Å². The zero-order valence-corrected chi connectivity index (χ0v) is 21.9. The summed E-state index contributed by atoms with van der Waals surface area (Å²) in [6.45, 7) is 3.01. The Morgan fingerprint density at radius 3 is 2.54 bits per heavy atom. The van der Waals surface area contributed by atoms with Gasteiger partial charge in [-0.25, -0.2) is 4.79 Å². The predicted octanol–water partition coefficient (Wildman–Crippen LogP) is 0.174. The number of ketones is 1. The van der Waals surface area contributed by atoms with Crippen molar-refractivity contribution in [1.82, 2.24) is 0 Å². The molecule has 11 atom stereocenters. The van der Waals surface area contributed by atoms with Gasteiger partial charge in [-0.1, -0.05) is 13.8 Å². The van der Waals surface area contributed by atoms with E-state index in [1.165, 1.54) is 25.7 Å². The highest BCUT2D eigenvalue weighted by atomic mass is 16.7. The number of aliphatic hydroxyl groups is 4. The molecule has 0 spiro atoms. The first-order chi connectivity index (χ1) is 18.4. The number of ether oxygens (including phenoxy) is 4. The topological polar surface area (TPSA) is 182 Å². The van der Waals surface area contributed by atoms with Crippen molar-refractivity contribution in [2.24, 2.45) is 22.7 Å². The second-order valence-electron chi connectivity index (χ2n) is 11.4. The Hall–Kier alpha value is -2.61. The van der Waals surface area contributed by atoms with Gasteiger partial charge in [-0.2, -0.15) is 0 Å². The highest BCUT2D eigenvalue weighted by Crippen LogP contribution is 2.65. The van der Waals surface area contributed by atoms with Crippen LogP contribution in [0.1, 0.15) is 44.8 Å². The summed E-state index contributed by atoms with van der Waals surface area (Å²) in [7, 11) is 1.20. The standard InChI is InChI=1S/C27H34O12/c1-26-9-16(12-4-5-36-11-12)37-24(34)14(26)8-19(39-25-22(32)21(31)20(30)17(10-28)38-25)27(2)15(23(33)35-3)6-13(29)7-18(26)27/h4-6,11,14,16-22,25,28,30-32H,7-10H2,1-3H3/t14-,16+,17-,18+,19-,20-,21+,22-,25+,26-,27+/m1/s1. The number of furan rings is 1. The zero-order valence-electron chi connectivity index (χ0n) is 21.9. The molecule has 1 saturated carbocycles. The molecule has 0 radical (unpaired) electrons. The lowest BCUT2D eigenvalue weighted by atomic mass is 9.44. The van der Waals surface area contributed by atoms with Crippen molar-refractivity contribution in [2.45, 2.75) is 76.0 Å². The van der Waals surface area contributed by atoms with Crippen molar-refractivity contribution in [3.05, 3.63) is 35.8 Å². The van der Waals surface area contributed by atoms with Gasteiger partial charge in [0, 0.05) is 23.0 Å². The van der Waals surface area contributed by atoms with E-state index in [9.17, 15) is 34.8 Å². The number of carbonyl (C=O) groups is 3. The Morgan fingerprint density at radius 2 is 1.90 bits per heavy atom. The average Bonchev–Trinajstić information content (AvgIpc) is 3.45. The van der Waals surface area contributed by atoms with Crippen molar-refractivity contribution in [3.8, 4) is 0 Å². The third kappa shape index (κ3) is 4.34. The van der Waals surface area contributed by atoms with Gasteiger partial charge in [-0.05, 0) is 36.3 Å². The van der Waals surface area contributed by atoms with Gasteiger partial charge in [0.25, 0.3) is 0 Å². The quantitative estimate of drug-likeness (QED) is 0.365. The predicted molar refractivity (Wildman–Crippen MR) is 128 cm³/mol. The van der Waals surface area contributed by atoms with Crippen molar-refractivity contribution in [2.75, 3.05) is 13.7 Å². The third-order valence-corrected chi connectivity index (χ3v) is 9.36. The van der Waals surface area contributed by atoms with Gasteiger partial charge < -0.3 is 43.8 Å². The van der Waals surface area contributed by atoms with Crippen LogP contribution in [0.2, 0.25) is 0 Å². The summed E-state index contributed by atoms with van der Waals surface area (Å²) >= 11 is 0. The molecule has 1 aromatic heterocycles. The van der Waals surface area contributed by atoms with E-state index in [0.29, 0.717) is 12.0 Å². The van der Waals surface area contributed by atoms with Crippen LogP contribution in [0, 0.1) is 22.7 Å². The van der Waals surface area contributed by atoms with Crippen molar-refractivity contribution in [1.29, 1.82) is 0 Å². The fourth-order valence-corrected chi connectivity index (χ4v) is 7.15. The number of hydrogen-bond donors (Lipinski definition) is 4. The number of allylic oxidation sites excluding steroid dienone is 1. The van der Waals surface area contributed by atoms with E-state index in [1.807, 2.05) is 6.92 Å². The summed E-state index contributed by atoms with van der Waals surface area (Å²) in [5.41, 5.74) is -1.26. The van der Waals surface area contributed by atoms with E-state index in [4.69, 9.17) is 23.4 Å². The fraction of sp³-hybridized carbons (Fsp3) is 0.667. The number of hydrogen-bond acceptors (Lipinski definition) is 12. The number of cyclic esters (lactones) is 1. The summed E-state index contributed by atoms with van der Waals surface area (Å²) in [4.78, 5) is 39.5. The van der Waals surface area contributed by atoms with E-state index in [-0.39, 0.29) is 24.2 Å².